The normalized spacial score (nSPS) is 24.1. The van der Waals surface area contributed by atoms with Gasteiger partial charge in [-0.15, -0.1) is 0 Å². The Balaban J connectivity index is 1.98. The number of halogens is 1. The number of piperazine rings is 1. The van der Waals surface area contributed by atoms with Gasteiger partial charge in [0, 0.05) is 18.3 Å². The number of aryl methyl sites for hydroxylation is 1. The van der Waals surface area contributed by atoms with E-state index in [2.05, 4.69) is 5.32 Å². The summed E-state index contributed by atoms with van der Waals surface area (Å²) < 4.78 is 40.1. The lowest BCUT2D eigenvalue weighted by molar-refractivity contribution is -0.133. The molecule has 178 valence electrons. The molecule has 0 radical (unpaired) electrons. The van der Waals surface area contributed by atoms with Crippen molar-refractivity contribution in [2.75, 3.05) is 23.7 Å². The number of hydrogen-bond acceptors (Lipinski definition) is 4. The minimum atomic E-state index is -3.68. The first-order valence-electron chi connectivity index (χ1n) is 11.5. The van der Waals surface area contributed by atoms with Crippen LogP contribution in [-0.2, 0) is 19.6 Å². The molecule has 1 N–H and O–H groups in total. The summed E-state index contributed by atoms with van der Waals surface area (Å²) in [6.07, 6.45) is 7.24. The second kappa shape index (κ2) is 9.87. The summed E-state index contributed by atoms with van der Waals surface area (Å²) in [5.74, 6) is -1.48. The lowest BCUT2D eigenvalue weighted by Crippen LogP contribution is -2.71. The van der Waals surface area contributed by atoms with E-state index < -0.39 is 27.3 Å². The molecule has 1 saturated carbocycles. The molecule has 1 unspecified atom stereocenters. The number of sulfonamides is 1. The standard InChI is InChI=1S/C23H34FN3O4S/c1-4-32(30,31)26-15-21(28)27(20-13-12-18(24)14-17(20)2)23(3,16-26)22(29)25-19-10-8-6-5-7-9-11-19/h12-14,19H,4-11,15-16H2,1-3H3,(H,25,29). The fourth-order valence-corrected chi connectivity index (χ4v) is 5.85. The number of nitrogens with one attached hydrogen (secondary N) is 1. The second-order valence-electron chi connectivity index (χ2n) is 9.12. The highest BCUT2D eigenvalue weighted by molar-refractivity contribution is 7.89. The van der Waals surface area contributed by atoms with Gasteiger partial charge in [-0.3, -0.25) is 14.5 Å². The van der Waals surface area contributed by atoms with Crippen molar-refractivity contribution in [1.82, 2.24) is 9.62 Å². The topological polar surface area (TPSA) is 86.8 Å². The number of carbonyl (C=O) groups excluding carboxylic acids is 2. The van der Waals surface area contributed by atoms with Crippen molar-refractivity contribution in [3.05, 3.63) is 29.6 Å². The molecular formula is C23H34FN3O4S. The molecule has 2 fully saturated rings. The van der Waals surface area contributed by atoms with Gasteiger partial charge in [0.05, 0.1) is 12.3 Å². The first-order valence-corrected chi connectivity index (χ1v) is 13.1. The predicted molar refractivity (Wildman–Crippen MR) is 122 cm³/mol. The zero-order valence-corrected chi connectivity index (χ0v) is 20.0. The SMILES string of the molecule is CCS(=O)(=O)N1CC(=O)N(c2ccc(F)cc2C)C(C)(C(=O)NC2CCCCCCC2)C1. The van der Waals surface area contributed by atoms with E-state index >= 15 is 0 Å². The quantitative estimate of drug-likeness (QED) is 0.721. The summed E-state index contributed by atoms with van der Waals surface area (Å²) in [6.45, 7) is 4.29. The van der Waals surface area contributed by atoms with Gasteiger partial charge in [-0.2, -0.15) is 4.31 Å². The highest BCUT2D eigenvalue weighted by atomic mass is 32.2. The molecule has 32 heavy (non-hydrogen) atoms. The van der Waals surface area contributed by atoms with Gasteiger partial charge in [0.25, 0.3) is 0 Å². The van der Waals surface area contributed by atoms with E-state index in [1.807, 2.05) is 0 Å². The number of amides is 2. The Labute approximate surface area is 190 Å². The largest absolute Gasteiger partial charge is 0.351 e. The van der Waals surface area contributed by atoms with Crippen LogP contribution in [0.15, 0.2) is 18.2 Å². The van der Waals surface area contributed by atoms with Crippen molar-refractivity contribution < 1.29 is 22.4 Å². The van der Waals surface area contributed by atoms with Gasteiger partial charge in [-0.1, -0.05) is 32.1 Å². The van der Waals surface area contributed by atoms with Crippen molar-refractivity contribution in [3.8, 4) is 0 Å². The number of benzene rings is 1. The number of rotatable bonds is 5. The molecule has 7 nitrogen and oxygen atoms in total. The smallest absolute Gasteiger partial charge is 0.247 e. The fourth-order valence-electron chi connectivity index (χ4n) is 4.73. The van der Waals surface area contributed by atoms with Crippen LogP contribution in [0.5, 0.6) is 0 Å². The highest BCUT2D eigenvalue weighted by Gasteiger charge is 2.51. The average molecular weight is 468 g/mol. The number of carbonyl (C=O) groups is 2. The van der Waals surface area contributed by atoms with E-state index in [0.29, 0.717) is 11.3 Å². The highest BCUT2D eigenvalue weighted by Crippen LogP contribution is 2.33. The average Bonchev–Trinajstić information content (AvgIpc) is 2.70. The van der Waals surface area contributed by atoms with Crippen LogP contribution < -0.4 is 10.2 Å². The first kappa shape index (κ1) is 24.6. The minimum Gasteiger partial charge on any atom is -0.351 e. The van der Waals surface area contributed by atoms with Gasteiger partial charge in [0.1, 0.15) is 11.4 Å². The van der Waals surface area contributed by atoms with Crippen LogP contribution >= 0.6 is 0 Å². The van der Waals surface area contributed by atoms with Crippen LogP contribution in [0.1, 0.15) is 64.4 Å². The third-order valence-corrected chi connectivity index (χ3v) is 8.40. The van der Waals surface area contributed by atoms with Crippen LogP contribution in [0.2, 0.25) is 0 Å². The molecule has 1 saturated heterocycles. The predicted octanol–water partition coefficient (Wildman–Crippen LogP) is 3.12. The summed E-state index contributed by atoms with van der Waals surface area (Å²) in [5, 5.41) is 3.11. The molecule has 0 bridgehead atoms. The Kier molecular flexibility index (Phi) is 7.60. The van der Waals surface area contributed by atoms with E-state index in [0.717, 1.165) is 42.8 Å². The van der Waals surface area contributed by atoms with E-state index in [1.54, 1.807) is 13.8 Å². The van der Waals surface area contributed by atoms with Crippen LogP contribution in [0.3, 0.4) is 0 Å². The maximum absolute atomic E-state index is 13.7. The molecule has 2 aliphatic rings. The third-order valence-electron chi connectivity index (χ3n) is 6.63. The van der Waals surface area contributed by atoms with Crippen molar-refractivity contribution in [2.45, 2.75) is 77.3 Å². The lowest BCUT2D eigenvalue weighted by Gasteiger charge is -2.47. The van der Waals surface area contributed by atoms with Crippen molar-refractivity contribution in [2.24, 2.45) is 0 Å². The zero-order valence-electron chi connectivity index (χ0n) is 19.2. The second-order valence-corrected chi connectivity index (χ2v) is 11.4. The monoisotopic (exact) mass is 467 g/mol. The summed E-state index contributed by atoms with van der Waals surface area (Å²) in [6, 6.07) is 4.03. The van der Waals surface area contributed by atoms with Crippen molar-refractivity contribution in [3.63, 3.8) is 0 Å². The Hall–Kier alpha value is -2.00. The first-order chi connectivity index (χ1) is 15.1. The van der Waals surface area contributed by atoms with Gasteiger partial charge in [-0.05, 0) is 57.4 Å². The Morgan fingerprint density at radius 3 is 2.41 bits per heavy atom. The van der Waals surface area contributed by atoms with Crippen molar-refractivity contribution >= 4 is 27.5 Å². The van der Waals surface area contributed by atoms with E-state index in [9.17, 15) is 22.4 Å². The summed E-state index contributed by atoms with van der Waals surface area (Å²) >= 11 is 0. The fraction of sp³-hybridized carbons (Fsp3) is 0.652. The molecule has 9 heteroatoms. The number of anilines is 1. The van der Waals surface area contributed by atoms with Crippen LogP contribution in [0.4, 0.5) is 10.1 Å². The molecule has 1 aliphatic carbocycles. The summed E-state index contributed by atoms with van der Waals surface area (Å²) in [4.78, 5) is 28.3. The van der Waals surface area contributed by atoms with E-state index in [4.69, 9.17) is 0 Å². The molecule has 1 aromatic rings. The molecule has 3 rings (SSSR count). The molecule has 1 aromatic carbocycles. The maximum Gasteiger partial charge on any atom is 0.247 e. The van der Waals surface area contributed by atoms with Gasteiger partial charge in [-0.25, -0.2) is 12.8 Å². The number of hydrogen-bond donors (Lipinski definition) is 1. The van der Waals surface area contributed by atoms with Gasteiger partial charge >= 0.3 is 0 Å². The number of nitrogens with zero attached hydrogens (tertiary/aromatic N) is 2. The molecule has 0 aromatic heterocycles. The van der Waals surface area contributed by atoms with Crippen LogP contribution in [0.25, 0.3) is 0 Å². The molecule has 1 heterocycles. The molecular weight excluding hydrogens is 433 g/mol. The van der Waals surface area contributed by atoms with Crippen molar-refractivity contribution in [1.29, 1.82) is 0 Å². The summed E-state index contributed by atoms with van der Waals surface area (Å²) in [7, 11) is -3.68. The van der Waals surface area contributed by atoms with Gasteiger partial charge in [0.15, 0.2) is 0 Å². The molecule has 1 atom stereocenters. The van der Waals surface area contributed by atoms with Crippen LogP contribution in [-0.4, -0.2) is 55.0 Å². The van der Waals surface area contributed by atoms with E-state index in [1.165, 1.54) is 36.4 Å². The Morgan fingerprint density at radius 1 is 1.19 bits per heavy atom. The molecule has 1 aliphatic heterocycles. The lowest BCUT2D eigenvalue weighted by atomic mass is 9.91. The molecule has 0 spiro atoms. The van der Waals surface area contributed by atoms with Gasteiger partial charge in [0.2, 0.25) is 21.8 Å². The van der Waals surface area contributed by atoms with E-state index in [-0.39, 0.29) is 30.8 Å². The minimum absolute atomic E-state index is 0.0101. The molecule has 2 amide bonds. The Bertz CT molecular complexity index is 960. The zero-order chi connectivity index (χ0) is 23.5. The third kappa shape index (κ3) is 5.14. The maximum atomic E-state index is 13.7. The Morgan fingerprint density at radius 2 is 1.81 bits per heavy atom. The van der Waals surface area contributed by atoms with Crippen LogP contribution in [0, 0.1) is 12.7 Å². The van der Waals surface area contributed by atoms with Gasteiger partial charge < -0.3 is 5.32 Å². The summed E-state index contributed by atoms with van der Waals surface area (Å²) in [5.41, 5.74) is -0.530.